The monoisotopic (exact) mass is 686 g/mol. The van der Waals surface area contributed by atoms with Crippen molar-refractivity contribution in [3.63, 3.8) is 0 Å². The Morgan fingerprint density at radius 2 is 1.84 bits per heavy atom. The molecule has 1 amide bonds. The number of benzene rings is 2. The van der Waals surface area contributed by atoms with E-state index in [1.165, 1.54) is 25.4 Å². The summed E-state index contributed by atoms with van der Waals surface area (Å²) < 4.78 is 78.5. The highest BCUT2D eigenvalue weighted by Gasteiger charge is 2.28. The molecule has 3 N–H and O–H groups in total. The zero-order chi connectivity index (χ0) is 32.2. The van der Waals surface area contributed by atoms with E-state index in [9.17, 15) is 30.7 Å². The number of ether oxygens (including phenoxy) is 2. The number of aryl methyl sites for hydroxylation is 1. The number of hydrogen-bond acceptors (Lipinski definition) is 9. The van der Waals surface area contributed by atoms with E-state index in [4.69, 9.17) is 21.1 Å². The molecule has 238 valence electrons. The van der Waals surface area contributed by atoms with E-state index in [0.29, 0.717) is 40.2 Å². The lowest BCUT2D eigenvalue weighted by Crippen LogP contribution is -2.36. The fourth-order valence-corrected chi connectivity index (χ4v) is 7.09. The lowest BCUT2D eigenvalue weighted by Gasteiger charge is -2.19. The molecule has 12 nitrogen and oxygen atoms in total. The van der Waals surface area contributed by atoms with Crippen molar-refractivity contribution in [3.05, 3.63) is 57.9 Å². The molecule has 1 aliphatic rings. The Kier molecular flexibility index (Phi) is 10.6. The van der Waals surface area contributed by atoms with Crippen molar-refractivity contribution in [2.45, 2.75) is 39.7 Å². The minimum atomic E-state index is -4.17. The van der Waals surface area contributed by atoms with Gasteiger partial charge in [-0.05, 0) is 36.6 Å². The maximum Gasteiger partial charge on any atom is 0.265 e. The van der Waals surface area contributed by atoms with Gasteiger partial charge in [-0.1, -0.05) is 29.9 Å². The molecule has 0 spiro atoms. The van der Waals surface area contributed by atoms with Gasteiger partial charge in [-0.25, -0.2) is 0 Å². The van der Waals surface area contributed by atoms with E-state index in [-0.39, 0.29) is 31.8 Å². The van der Waals surface area contributed by atoms with Crippen molar-refractivity contribution in [2.24, 2.45) is 0 Å². The van der Waals surface area contributed by atoms with E-state index in [2.05, 4.69) is 5.32 Å². The van der Waals surface area contributed by atoms with Gasteiger partial charge in [0.15, 0.2) is 12.3 Å². The Morgan fingerprint density at radius 3 is 2.48 bits per heavy atom. The summed E-state index contributed by atoms with van der Waals surface area (Å²) in [4.78, 5) is 13.4. The van der Waals surface area contributed by atoms with Gasteiger partial charge in [0.25, 0.3) is 25.2 Å². The summed E-state index contributed by atoms with van der Waals surface area (Å²) in [6.07, 6.45) is 4.62. The number of halogens is 1. The normalized spacial score (nSPS) is 14.6. The highest BCUT2D eigenvalue weighted by Crippen LogP contribution is 2.41. The molecule has 2 aromatic carbocycles. The molecule has 0 saturated heterocycles. The minimum Gasteiger partial charge on any atom is -0.495 e. The Labute approximate surface area is 265 Å². The molecule has 4 rings (SSSR count). The number of fused-ring (bicyclic) bond motifs is 2. The van der Waals surface area contributed by atoms with Crippen molar-refractivity contribution in [2.75, 3.05) is 35.4 Å². The van der Waals surface area contributed by atoms with Crippen molar-refractivity contribution >= 4 is 76.7 Å². The van der Waals surface area contributed by atoms with Crippen LogP contribution >= 0.6 is 22.9 Å². The molecule has 16 heteroatoms. The van der Waals surface area contributed by atoms with Crippen LogP contribution < -0.4 is 24.3 Å². The Hall–Kier alpha value is -3.21. The first kappa shape index (κ1) is 33.7. The van der Waals surface area contributed by atoms with Crippen molar-refractivity contribution < 1.29 is 44.8 Å². The zero-order valence-electron chi connectivity index (χ0n) is 24.2. The molecule has 0 aliphatic carbocycles. The first-order valence-electron chi connectivity index (χ1n) is 13.6. The fourth-order valence-electron chi connectivity index (χ4n) is 4.69. The second-order valence-corrected chi connectivity index (χ2v) is 14.6. The molecule has 0 radical (unpaired) electrons. The number of amides is 1. The molecule has 3 aromatic rings. The third-order valence-electron chi connectivity index (χ3n) is 6.65. The van der Waals surface area contributed by atoms with E-state index in [1.54, 1.807) is 29.2 Å². The van der Waals surface area contributed by atoms with E-state index in [0.717, 1.165) is 20.8 Å². The van der Waals surface area contributed by atoms with Crippen LogP contribution in [0.3, 0.4) is 0 Å². The molecule has 0 fully saturated rings. The maximum absolute atomic E-state index is 11.6. The standard InChI is InChI=1S/C28H32ClN3O9S3/c1-4-19(14-28-32(10-6-12-44(37,38)39)23-16-21(29)25(40-3)17-26(23)42-28)13-27-31(9-5-11-43(34,35)36)22-15-20(30-18(2)33)7-8-24(22)41-27/h7-8,13-17H,4-6,9-12H2,1-3H3,(H2-,30,33,34,35,36,37,38,39)/p+1. The molecular weight excluding hydrogens is 654 g/mol. The van der Waals surface area contributed by atoms with Gasteiger partial charge in [-0.15, -0.1) is 0 Å². The van der Waals surface area contributed by atoms with Crippen LogP contribution in [-0.4, -0.2) is 57.0 Å². The van der Waals surface area contributed by atoms with Gasteiger partial charge >= 0.3 is 0 Å². The summed E-state index contributed by atoms with van der Waals surface area (Å²) in [6.45, 7) is 3.84. The molecule has 0 unspecified atom stereocenters. The summed E-state index contributed by atoms with van der Waals surface area (Å²) in [5.41, 5.74) is 2.77. The number of aromatic nitrogens is 1. The molecule has 2 heterocycles. The van der Waals surface area contributed by atoms with Gasteiger partial charge in [-0.2, -0.15) is 21.4 Å². The number of allylic oxidation sites excluding steroid dienone is 2. The summed E-state index contributed by atoms with van der Waals surface area (Å²) >= 11 is 7.87. The summed E-state index contributed by atoms with van der Waals surface area (Å²) in [5.74, 6) is 0.339. The van der Waals surface area contributed by atoms with Crippen LogP contribution in [0.5, 0.6) is 11.5 Å². The van der Waals surface area contributed by atoms with Gasteiger partial charge in [0.05, 0.1) is 29.3 Å². The summed E-state index contributed by atoms with van der Waals surface area (Å²) in [7, 11) is -6.80. The Bertz CT molecular complexity index is 1850. The lowest BCUT2D eigenvalue weighted by molar-refractivity contribution is -0.668. The van der Waals surface area contributed by atoms with E-state index < -0.39 is 31.7 Å². The predicted molar refractivity (Wildman–Crippen MR) is 171 cm³/mol. The van der Waals surface area contributed by atoms with Crippen LogP contribution in [0.1, 0.15) is 38.1 Å². The average molecular weight is 687 g/mol. The van der Waals surface area contributed by atoms with E-state index in [1.807, 2.05) is 29.7 Å². The number of thiazole rings is 1. The molecule has 0 saturated carbocycles. The topological polar surface area (TPSA) is 163 Å². The van der Waals surface area contributed by atoms with Crippen LogP contribution in [-0.2, 0) is 31.6 Å². The van der Waals surface area contributed by atoms with Crippen LogP contribution in [0.25, 0.3) is 16.3 Å². The number of rotatable bonds is 13. The van der Waals surface area contributed by atoms with Crippen molar-refractivity contribution in [1.29, 1.82) is 0 Å². The van der Waals surface area contributed by atoms with Crippen LogP contribution in [0, 0.1) is 0 Å². The average Bonchev–Trinajstić information content (AvgIpc) is 3.42. The van der Waals surface area contributed by atoms with Crippen molar-refractivity contribution in [3.8, 4) is 11.5 Å². The number of nitrogens with one attached hydrogen (secondary N) is 1. The van der Waals surface area contributed by atoms with Crippen LogP contribution in [0.4, 0.5) is 11.4 Å². The number of methoxy groups -OCH3 is 1. The number of carbonyl (C=O) groups is 1. The number of hydrogen-bond donors (Lipinski definition) is 3. The second kappa shape index (κ2) is 13.8. The predicted octanol–water partition coefficient (Wildman–Crippen LogP) is 4.90. The fraction of sp³-hybridized carbons (Fsp3) is 0.357. The van der Waals surface area contributed by atoms with Crippen LogP contribution in [0.15, 0.2) is 47.9 Å². The van der Waals surface area contributed by atoms with E-state index >= 15 is 0 Å². The molecule has 0 atom stereocenters. The minimum absolute atomic E-state index is 0.112. The van der Waals surface area contributed by atoms with Gasteiger partial charge in [-0.3, -0.25) is 13.9 Å². The van der Waals surface area contributed by atoms with Gasteiger partial charge < -0.3 is 19.7 Å². The molecule has 0 bridgehead atoms. The quantitative estimate of drug-likeness (QED) is 0.166. The van der Waals surface area contributed by atoms with Crippen LogP contribution in [0.2, 0.25) is 5.02 Å². The zero-order valence-corrected chi connectivity index (χ0v) is 27.4. The Morgan fingerprint density at radius 1 is 1.14 bits per heavy atom. The smallest absolute Gasteiger partial charge is 0.265 e. The Balaban J connectivity index is 1.76. The SMILES string of the molecule is CCC(=Cc1sc2cc(OC)c(Cl)cc2[n+]1CCCS(=O)(=O)O)C=C1Oc2ccc(NC(C)=O)cc2N1CCCS(=O)(=O)O. The molecular formula is C28H33ClN3O9S3+. The second-order valence-electron chi connectivity index (χ2n) is 10.00. The van der Waals surface area contributed by atoms with Gasteiger partial charge in [0, 0.05) is 49.9 Å². The van der Waals surface area contributed by atoms with Gasteiger partial charge in [0.1, 0.15) is 10.4 Å². The molecule has 1 aliphatic heterocycles. The highest BCUT2D eigenvalue weighted by molar-refractivity contribution is 7.86. The maximum atomic E-state index is 11.6. The number of anilines is 2. The third-order valence-corrected chi connectivity index (χ3v) is 9.65. The van der Waals surface area contributed by atoms with Crippen molar-refractivity contribution in [1.82, 2.24) is 0 Å². The molecule has 44 heavy (non-hydrogen) atoms. The first-order chi connectivity index (χ1) is 20.7. The number of carbonyl (C=O) groups excluding carboxylic acids is 1. The lowest BCUT2D eigenvalue weighted by atomic mass is 10.1. The molecule has 1 aromatic heterocycles. The third kappa shape index (κ3) is 8.70. The first-order valence-corrected chi connectivity index (χ1v) is 18.0. The number of nitrogens with zero attached hydrogens (tertiary/aromatic N) is 2. The largest absolute Gasteiger partial charge is 0.495 e. The summed E-state index contributed by atoms with van der Waals surface area (Å²) in [6, 6.07) is 8.69. The van der Waals surface area contributed by atoms with Gasteiger partial charge in [0.2, 0.25) is 17.3 Å². The highest BCUT2D eigenvalue weighted by atomic mass is 35.5. The summed E-state index contributed by atoms with van der Waals surface area (Å²) in [5, 5.41) is 3.91.